The fraction of sp³-hybridized carbons (Fsp3) is 0.333. The summed E-state index contributed by atoms with van der Waals surface area (Å²) < 4.78 is 1.82. The second-order valence-corrected chi connectivity index (χ2v) is 8.98. The summed E-state index contributed by atoms with van der Waals surface area (Å²) in [7, 11) is 0. The van der Waals surface area contributed by atoms with Crippen molar-refractivity contribution in [3.63, 3.8) is 0 Å². The van der Waals surface area contributed by atoms with Crippen molar-refractivity contribution in [2.24, 2.45) is 0 Å². The van der Waals surface area contributed by atoms with E-state index in [-0.39, 0.29) is 5.41 Å². The second kappa shape index (κ2) is 8.93. The molecule has 0 aliphatic carbocycles. The minimum atomic E-state index is -0.903. The molecule has 2 N–H and O–H groups in total. The first kappa shape index (κ1) is 22.3. The molecule has 2 aromatic heterocycles. The molecule has 1 unspecified atom stereocenters. The molecule has 9 nitrogen and oxygen atoms in total. The minimum absolute atomic E-state index is 0.272. The number of tetrazole rings is 1. The van der Waals surface area contributed by atoms with Crippen molar-refractivity contribution in [3.05, 3.63) is 65.7 Å². The third-order valence-corrected chi connectivity index (χ3v) is 5.49. The van der Waals surface area contributed by atoms with Crippen molar-refractivity contribution in [3.8, 4) is 22.5 Å². The number of hydrogen-bond donors (Lipinski definition) is 2. The molecule has 0 saturated carbocycles. The molecule has 0 fully saturated rings. The van der Waals surface area contributed by atoms with Crippen LogP contribution in [0.2, 0.25) is 0 Å². The summed E-state index contributed by atoms with van der Waals surface area (Å²) in [4.78, 5) is 16.3. The molecular formula is C24H27N7O2. The highest BCUT2D eigenvalue weighted by molar-refractivity contribution is 5.80. The molecule has 2 aromatic carbocycles. The molecule has 0 amide bonds. The Balaban J connectivity index is 1.64. The van der Waals surface area contributed by atoms with Crippen molar-refractivity contribution < 1.29 is 9.90 Å². The van der Waals surface area contributed by atoms with Gasteiger partial charge in [-0.1, -0.05) is 76.2 Å². The van der Waals surface area contributed by atoms with Crippen LogP contribution in [-0.2, 0) is 16.8 Å². The maximum absolute atomic E-state index is 11.6. The van der Waals surface area contributed by atoms with Crippen LogP contribution < -0.4 is 0 Å². The molecule has 0 bridgehead atoms. The van der Waals surface area contributed by atoms with Crippen LogP contribution in [0.25, 0.3) is 22.5 Å². The lowest BCUT2D eigenvalue weighted by atomic mass is 9.95. The second-order valence-electron chi connectivity index (χ2n) is 8.98. The average molecular weight is 446 g/mol. The van der Waals surface area contributed by atoms with Crippen LogP contribution >= 0.6 is 0 Å². The number of carbonyl (C=O) groups is 1. The summed E-state index contributed by atoms with van der Waals surface area (Å²) in [6.07, 6.45) is 0.442. The Kier molecular flexibility index (Phi) is 6.04. The van der Waals surface area contributed by atoms with Crippen molar-refractivity contribution >= 4 is 5.97 Å². The summed E-state index contributed by atoms with van der Waals surface area (Å²) in [5, 5.41) is 28.5. The number of rotatable bonds is 7. The van der Waals surface area contributed by atoms with Gasteiger partial charge >= 0.3 is 5.97 Å². The maximum Gasteiger partial charge on any atom is 0.314 e. The third-order valence-electron chi connectivity index (χ3n) is 5.49. The van der Waals surface area contributed by atoms with Crippen LogP contribution in [0.1, 0.15) is 57.2 Å². The highest BCUT2D eigenvalue weighted by Crippen LogP contribution is 2.30. The van der Waals surface area contributed by atoms with Gasteiger partial charge in [-0.15, -0.1) is 10.2 Å². The fourth-order valence-corrected chi connectivity index (χ4v) is 3.81. The Morgan fingerprint density at radius 1 is 1.09 bits per heavy atom. The van der Waals surface area contributed by atoms with Crippen molar-refractivity contribution in [2.75, 3.05) is 0 Å². The first-order valence-electron chi connectivity index (χ1n) is 10.9. The van der Waals surface area contributed by atoms with Gasteiger partial charge in [0, 0.05) is 11.0 Å². The van der Waals surface area contributed by atoms with Gasteiger partial charge in [-0.05, 0) is 28.3 Å². The number of aromatic nitrogens is 7. The van der Waals surface area contributed by atoms with Gasteiger partial charge < -0.3 is 5.11 Å². The predicted molar refractivity (Wildman–Crippen MR) is 124 cm³/mol. The van der Waals surface area contributed by atoms with E-state index in [1.165, 1.54) is 0 Å². The van der Waals surface area contributed by atoms with Gasteiger partial charge in [0.05, 0.1) is 6.54 Å². The Morgan fingerprint density at radius 2 is 1.79 bits per heavy atom. The van der Waals surface area contributed by atoms with Gasteiger partial charge in [0.2, 0.25) is 5.82 Å². The Labute approximate surface area is 191 Å². The summed E-state index contributed by atoms with van der Waals surface area (Å²) in [5.74, 6) is 0.0592. The molecule has 0 radical (unpaired) electrons. The van der Waals surface area contributed by atoms with Crippen molar-refractivity contribution in [2.45, 2.75) is 52.0 Å². The molecule has 1 atom stereocenters. The molecule has 170 valence electrons. The topological polar surface area (TPSA) is 122 Å². The molecule has 4 rings (SSSR count). The number of carboxylic acid groups (broad SMARTS) is 1. The third kappa shape index (κ3) is 4.67. The van der Waals surface area contributed by atoms with E-state index in [2.05, 4.69) is 63.6 Å². The van der Waals surface area contributed by atoms with Gasteiger partial charge in [0.25, 0.3) is 0 Å². The smallest absolute Gasteiger partial charge is 0.314 e. The first-order chi connectivity index (χ1) is 15.8. The van der Waals surface area contributed by atoms with Crippen LogP contribution in [-0.4, -0.2) is 46.5 Å². The van der Waals surface area contributed by atoms with Gasteiger partial charge in [-0.25, -0.2) is 9.67 Å². The van der Waals surface area contributed by atoms with E-state index in [0.29, 0.717) is 24.6 Å². The zero-order valence-electron chi connectivity index (χ0n) is 19.1. The van der Waals surface area contributed by atoms with E-state index in [0.717, 1.165) is 28.1 Å². The molecule has 33 heavy (non-hydrogen) atoms. The van der Waals surface area contributed by atoms with Gasteiger partial charge in [-0.2, -0.15) is 10.3 Å². The zero-order valence-corrected chi connectivity index (χ0v) is 19.1. The van der Waals surface area contributed by atoms with E-state index < -0.39 is 11.9 Å². The van der Waals surface area contributed by atoms with Crippen LogP contribution in [0.5, 0.6) is 0 Å². The largest absolute Gasteiger partial charge is 0.481 e. The Hall–Kier alpha value is -3.88. The van der Waals surface area contributed by atoms with Crippen molar-refractivity contribution in [1.29, 1.82) is 0 Å². The zero-order chi connectivity index (χ0) is 23.6. The fourth-order valence-electron chi connectivity index (χ4n) is 3.81. The SMILES string of the molecule is CCC(C(=O)O)c1nc(C(C)(C)C)n(Cc2ccc(-c3ccccc3-c3nn[nH]n3)cc2)n1. The normalized spacial score (nSPS) is 12.6. The van der Waals surface area contributed by atoms with Crippen LogP contribution in [0, 0.1) is 0 Å². The molecule has 9 heteroatoms. The summed E-state index contributed by atoms with van der Waals surface area (Å²) in [6.45, 7) is 8.49. The van der Waals surface area contributed by atoms with E-state index in [1.807, 2.05) is 48.0 Å². The lowest BCUT2D eigenvalue weighted by Gasteiger charge is -2.18. The number of hydrogen-bond acceptors (Lipinski definition) is 6. The Bertz CT molecular complexity index is 1240. The maximum atomic E-state index is 11.6. The average Bonchev–Trinajstić information content (AvgIpc) is 3.45. The summed E-state index contributed by atoms with van der Waals surface area (Å²) in [5.41, 5.74) is 3.71. The van der Waals surface area contributed by atoms with Gasteiger partial charge in [0.1, 0.15) is 11.7 Å². The molecule has 0 spiro atoms. The highest BCUT2D eigenvalue weighted by atomic mass is 16.4. The molecular weight excluding hydrogens is 418 g/mol. The number of carboxylic acids is 1. The molecule has 2 heterocycles. The Morgan fingerprint density at radius 3 is 2.36 bits per heavy atom. The van der Waals surface area contributed by atoms with Crippen LogP contribution in [0.4, 0.5) is 0 Å². The molecule has 0 aliphatic rings. The van der Waals surface area contributed by atoms with Crippen molar-refractivity contribution in [1.82, 2.24) is 35.4 Å². The predicted octanol–water partition coefficient (Wildman–Crippen LogP) is 4.05. The monoisotopic (exact) mass is 445 g/mol. The molecule has 0 aliphatic heterocycles. The van der Waals surface area contributed by atoms with E-state index in [9.17, 15) is 9.90 Å². The highest BCUT2D eigenvalue weighted by Gasteiger charge is 2.28. The summed E-state index contributed by atoms with van der Waals surface area (Å²) >= 11 is 0. The van der Waals surface area contributed by atoms with E-state index in [4.69, 9.17) is 0 Å². The van der Waals surface area contributed by atoms with Gasteiger partial charge in [-0.3, -0.25) is 4.79 Å². The minimum Gasteiger partial charge on any atom is -0.481 e. The molecule has 0 saturated heterocycles. The van der Waals surface area contributed by atoms with Crippen LogP contribution in [0.3, 0.4) is 0 Å². The molecule has 4 aromatic rings. The number of aliphatic carboxylic acids is 1. The number of nitrogens with zero attached hydrogens (tertiary/aromatic N) is 6. The summed E-state index contributed by atoms with van der Waals surface area (Å²) in [6, 6.07) is 16.1. The quantitative estimate of drug-likeness (QED) is 0.440. The van der Waals surface area contributed by atoms with E-state index in [1.54, 1.807) is 0 Å². The van der Waals surface area contributed by atoms with Crippen LogP contribution in [0.15, 0.2) is 48.5 Å². The lowest BCUT2D eigenvalue weighted by Crippen LogP contribution is -2.20. The number of benzene rings is 2. The number of nitrogens with one attached hydrogen (secondary N) is 1. The number of H-pyrrole nitrogens is 1. The first-order valence-corrected chi connectivity index (χ1v) is 10.9. The standard InChI is InChI=1S/C24H27N7O2/c1-5-17(22(32)33)20-25-23(24(2,3)4)31(28-20)14-15-10-12-16(13-11-15)18-8-6-7-9-19(18)21-26-29-30-27-21/h6-13,17H,5,14H2,1-4H3,(H,32,33)(H,26,27,29,30). The van der Waals surface area contributed by atoms with E-state index >= 15 is 0 Å². The lowest BCUT2D eigenvalue weighted by molar-refractivity contribution is -0.139. The van der Waals surface area contributed by atoms with Gasteiger partial charge in [0.15, 0.2) is 5.82 Å². The number of aromatic amines is 1.